The van der Waals surface area contributed by atoms with Crippen LogP contribution in [0.4, 0.5) is 10.1 Å². The Morgan fingerprint density at radius 3 is 2.35 bits per heavy atom. The van der Waals surface area contributed by atoms with Crippen molar-refractivity contribution in [1.29, 1.82) is 0 Å². The Kier molecular flexibility index (Phi) is 3.19. The number of hydrogen-bond acceptors (Lipinski definition) is 2. The predicted octanol–water partition coefficient (Wildman–Crippen LogP) is 2.52. The Morgan fingerprint density at radius 1 is 1.20 bits per heavy atom. The van der Waals surface area contributed by atoms with Crippen molar-refractivity contribution in [2.24, 2.45) is 11.3 Å². The number of amides is 1. The van der Waals surface area contributed by atoms with Gasteiger partial charge in [-0.05, 0) is 24.0 Å². The fourth-order valence-electron chi connectivity index (χ4n) is 2.99. The van der Waals surface area contributed by atoms with Crippen LogP contribution in [0.25, 0.3) is 0 Å². The smallest absolute Gasteiger partial charge is 0.226 e. The molecule has 108 valence electrons. The topological polar surface area (TPSA) is 23.6 Å². The molecular weight excluding hydrogens is 255 g/mol. The number of nitrogens with zero attached hydrogens (tertiary/aromatic N) is 2. The molecule has 0 spiro atoms. The van der Waals surface area contributed by atoms with E-state index in [4.69, 9.17) is 0 Å². The first kappa shape index (κ1) is 13.4. The van der Waals surface area contributed by atoms with E-state index < -0.39 is 0 Å². The predicted molar refractivity (Wildman–Crippen MR) is 77.1 cm³/mol. The van der Waals surface area contributed by atoms with Crippen molar-refractivity contribution in [2.45, 2.75) is 20.3 Å². The first-order valence-corrected chi connectivity index (χ1v) is 7.27. The van der Waals surface area contributed by atoms with E-state index in [0.29, 0.717) is 31.9 Å². The van der Waals surface area contributed by atoms with Crippen LogP contribution in [0.15, 0.2) is 24.3 Å². The second kappa shape index (κ2) is 4.76. The molecule has 1 aromatic rings. The molecule has 3 nitrogen and oxygen atoms in total. The van der Waals surface area contributed by atoms with Gasteiger partial charge in [-0.2, -0.15) is 0 Å². The summed E-state index contributed by atoms with van der Waals surface area (Å²) in [5.74, 6) is 0.293. The van der Waals surface area contributed by atoms with Crippen LogP contribution >= 0.6 is 0 Å². The summed E-state index contributed by atoms with van der Waals surface area (Å²) in [7, 11) is 0. The van der Waals surface area contributed by atoms with Gasteiger partial charge >= 0.3 is 0 Å². The Labute approximate surface area is 119 Å². The van der Waals surface area contributed by atoms with Gasteiger partial charge in [0.05, 0.1) is 5.69 Å². The normalized spacial score (nSPS) is 24.6. The fourth-order valence-corrected chi connectivity index (χ4v) is 2.99. The lowest BCUT2D eigenvalue weighted by Gasteiger charge is -2.36. The molecule has 1 aromatic carbocycles. The van der Waals surface area contributed by atoms with Crippen LogP contribution in [-0.4, -0.2) is 37.0 Å². The molecule has 2 fully saturated rings. The quantitative estimate of drug-likeness (QED) is 0.828. The van der Waals surface area contributed by atoms with Crippen molar-refractivity contribution < 1.29 is 9.18 Å². The maximum absolute atomic E-state index is 13.7. The average molecular weight is 276 g/mol. The van der Waals surface area contributed by atoms with Gasteiger partial charge in [0.15, 0.2) is 0 Å². The van der Waals surface area contributed by atoms with E-state index in [9.17, 15) is 9.18 Å². The Hall–Kier alpha value is -1.58. The summed E-state index contributed by atoms with van der Waals surface area (Å²) >= 11 is 0. The molecule has 2 aliphatic rings. The Bertz CT molecular complexity index is 521. The summed E-state index contributed by atoms with van der Waals surface area (Å²) in [5, 5.41) is 0. The molecular formula is C16H21FN2O. The Balaban J connectivity index is 1.60. The second-order valence-corrected chi connectivity index (χ2v) is 6.51. The fraction of sp³-hybridized carbons (Fsp3) is 0.562. The lowest BCUT2D eigenvalue weighted by molar-refractivity contribution is -0.133. The summed E-state index contributed by atoms with van der Waals surface area (Å²) in [6, 6.07) is 6.84. The van der Waals surface area contributed by atoms with E-state index in [1.165, 1.54) is 6.07 Å². The van der Waals surface area contributed by atoms with Gasteiger partial charge < -0.3 is 9.80 Å². The highest BCUT2D eigenvalue weighted by Gasteiger charge is 2.52. The van der Waals surface area contributed by atoms with Crippen molar-refractivity contribution >= 4 is 11.6 Å². The van der Waals surface area contributed by atoms with E-state index in [0.717, 1.165) is 6.42 Å². The molecule has 1 atom stereocenters. The average Bonchev–Trinajstić information content (AvgIpc) is 3.08. The zero-order valence-corrected chi connectivity index (χ0v) is 12.1. The molecule has 4 heteroatoms. The monoisotopic (exact) mass is 276 g/mol. The number of carbonyl (C=O) groups excluding carboxylic acids is 1. The van der Waals surface area contributed by atoms with Gasteiger partial charge in [-0.15, -0.1) is 0 Å². The second-order valence-electron chi connectivity index (χ2n) is 6.51. The number of halogens is 1. The molecule has 0 radical (unpaired) electrons. The number of para-hydroxylation sites is 1. The van der Waals surface area contributed by atoms with Gasteiger partial charge in [-0.25, -0.2) is 4.39 Å². The van der Waals surface area contributed by atoms with Crippen LogP contribution in [0.2, 0.25) is 0 Å². The molecule has 1 saturated heterocycles. The number of piperazine rings is 1. The molecule has 1 heterocycles. The van der Waals surface area contributed by atoms with Crippen molar-refractivity contribution in [2.75, 3.05) is 31.1 Å². The van der Waals surface area contributed by atoms with Gasteiger partial charge in [-0.1, -0.05) is 26.0 Å². The third-order valence-electron chi connectivity index (χ3n) is 4.60. The zero-order valence-electron chi connectivity index (χ0n) is 12.1. The molecule has 0 aromatic heterocycles. The first-order chi connectivity index (χ1) is 9.49. The molecule has 1 amide bonds. The van der Waals surface area contributed by atoms with Crippen molar-refractivity contribution in [3.63, 3.8) is 0 Å². The maximum atomic E-state index is 13.7. The molecule has 0 N–H and O–H groups in total. The summed E-state index contributed by atoms with van der Waals surface area (Å²) < 4.78 is 13.7. The van der Waals surface area contributed by atoms with Crippen LogP contribution in [-0.2, 0) is 4.79 Å². The molecule has 1 aliphatic carbocycles. The lowest BCUT2D eigenvalue weighted by Crippen LogP contribution is -2.49. The minimum atomic E-state index is -0.185. The largest absolute Gasteiger partial charge is 0.366 e. The van der Waals surface area contributed by atoms with Gasteiger partial charge in [0, 0.05) is 32.1 Å². The minimum Gasteiger partial charge on any atom is -0.366 e. The van der Waals surface area contributed by atoms with Crippen molar-refractivity contribution in [3.05, 3.63) is 30.1 Å². The summed E-state index contributed by atoms with van der Waals surface area (Å²) in [6.45, 7) is 7.09. The molecule has 20 heavy (non-hydrogen) atoms. The van der Waals surface area contributed by atoms with Crippen LogP contribution in [0.3, 0.4) is 0 Å². The highest BCUT2D eigenvalue weighted by Crippen LogP contribution is 2.52. The highest BCUT2D eigenvalue weighted by atomic mass is 19.1. The van der Waals surface area contributed by atoms with Gasteiger partial charge in [0.2, 0.25) is 5.91 Å². The van der Waals surface area contributed by atoms with Crippen LogP contribution < -0.4 is 4.90 Å². The Morgan fingerprint density at radius 2 is 1.80 bits per heavy atom. The first-order valence-electron chi connectivity index (χ1n) is 7.27. The number of carbonyl (C=O) groups is 1. The molecule has 3 rings (SSSR count). The summed E-state index contributed by atoms with van der Waals surface area (Å²) in [6.07, 6.45) is 0.999. The number of hydrogen-bond donors (Lipinski definition) is 0. The molecule has 1 aliphatic heterocycles. The third kappa shape index (κ3) is 2.39. The SMILES string of the molecule is CC1(C)CC1C(=O)N1CCN(c2ccccc2F)CC1. The van der Waals surface area contributed by atoms with E-state index in [2.05, 4.69) is 13.8 Å². The van der Waals surface area contributed by atoms with E-state index >= 15 is 0 Å². The van der Waals surface area contributed by atoms with Gasteiger partial charge in [0.25, 0.3) is 0 Å². The van der Waals surface area contributed by atoms with E-state index in [1.807, 2.05) is 15.9 Å². The standard InChI is InChI=1S/C16H21FN2O/c1-16(2)11-12(16)15(20)19-9-7-18(8-10-19)14-6-4-3-5-13(14)17/h3-6,12H,7-11H2,1-2H3. The van der Waals surface area contributed by atoms with Crippen molar-refractivity contribution in [3.8, 4) is 0 Å². The summed E-state index contributed by atoms with van der Waals surface area (Å²) in [5.41, 5.74) is 0.825. The molecule has 1 saturated carbocycles. The molecule has 1 unspecified atom stereocenters. The lowest BCUT2D eigenvalue weighted by atomic mass is 10.1. The molecule has 0 bridgehead atoms. The van der Waals surface area contributed by atoms with Gasteiger partial charge in [0.1, 0.15) is 5.82 Å². The van der Waals surface area contributed by atoms with E-state index in [-0.39, 0.29) is 23.1 Å². The summed E-state index contributed by atoms with van der Waals surface area (Å²) in [4.78, 5) is 16.3. The van der Waals surface area contributed by atoms with E-state index in [1.54, 1.807) is 12.1 Å². The van der Waals surface area contributed by atoms with Crippen LogP contribution in [0.5, 0.6) is 0 Å². The third-order valence-corrected chi connectivity index (χ3v) is 4.60. The van der Waals surface area contributed by atoms with Crippen molar-refractivity contribution in [1.82, 2.24) is 4.90 Å². The van der Waals surface area contributed by atoms with Gasteiger partial charge in [-0.3, -0.25) is 4.79 Å². The number of rotatable bonds is 2. The number of anilines is 1. The zero-order chi connectivity index (χ0) is 14.3. The van der Waals surface area contributed by atoms with Crippen LogP contribution in [0.1, 0.15) is 20.3 Å². The van der Waals surface area contributed by atoms with Crippen LogP contribution in [0, 0.1) is 17.2 Å². The minimum absolute atomic E-state index is 0.180. The maximum Gasteiger partial charge on any atom is 0.226 e. The highest BCUT2D eigenvalue weighted by molar-refractivity contribution is 5.82. The number of benzene rings is 1.